The highest BCUT2D eigenvalue weighted by molar-refractivity contribution is 5.94. The molecule has 122 valence electrons. The largest absolute Gasteiger partial charge is 0.481 e. The minimum atomic E-state index is -0.870. The molecule has 0 aliphatic heterocycles. The number of imide groups is 1. The molecule has 0 spiro atoms. The molecule has 0 aromatic heterocycles. The summed E-state index contributed by atoms with van der Waals surface area (Å²) >= 11 is 0. The molecule has 21 heavy (non-hydrogen) atoms. The molecule has 1 unspecified atom stereocenters. The van der Waals surface area contributed by atoms with Gasteiger partial charge in [0.2, 0.25) is 5.91 Å². The first kappa shape index (κ1) is 19.4. The quantitative estimate of drug-likeness (QED) is 0.511. The fourth-order valence-electron chi connectivity index (χ4n) is 1.96. The summed E-state index contributed by atoms with van der Waals surface area (Å²) in [4.78, 5) is 33.3. The minimum Gasteiger partial charge on any atom is -0.481 e. The Morgan fingerprint density at radius 2 is 1.67 bits per heavy atom. The first-order chi connectivity index (χ1) is 9.95. The SMILES string of the molecule is CCCCCCC(C)NC(=O)NC(=O)CCCCC(=O)O. The maximum atomic E-state index is 11.6. The number of rotatable bonds is 11. The molecule has 0 saturated carbocycles. The molecule has 3 N–H and O–H groups in total. The molecule has 0 saturated heterocycles. The second-order valence-corrected chi connectivity index (χ2v) is 5.37. The molecule has 0 aliphatic rings. The van der Waals surface area contributed by atoms with Gasteiger partial charge in [0.25, 0.3) is 0 Å². The standard InChI is InChI=1S/C15H28N2O4/c1-3-4-5-6-9-12(2)16-15(21)17-13(18)10-7-8-11-14(19)20/h12H,3-11H2,1-2H3,(H,19,20)(H2,16,17,18,21). The number of nitrogens with one attached hydrogen (secondary N) is 2. The summed E-state index contributed by atoms with van der Waals surface area (Å²) in [7, 11) is 0. The number of carbonyl (C=O) groups excluding carboxylic acids is 2. The van der Waals surface area contributed by atoms with Gasteiger partial charge in [0.1, 0.15) is 0 Å². The van der Waals surface area contributed by atoms with Gasteiger partial charge in [0.15, 0.2) is 0 Å². The maximum absolute atomic E-state index is 11.6. The van der Waals surface area contributed by atoms with E-state index in [9.17, 15) is 14.4 Å². The number of unbranched alkanes of at least 4 members (excludes halogenated alkanes) is 4. The zero-order valence-electron chi connectivity index (χ0n) is 13.1. The fraction of sp³-hybridized carbons (Fsp3) is 0.800. The number of amides is 3. The fourth-order valence-corrected chi connectivity index (χ4v) is 1.96. The van der Waals surface area contributed by atoms with Crippen LogP contribution in [0, 0.1) is 0 Å². The second-order valence-electron chi connectivity index (χ2n) is 5.37. The Balaban J connectivity index is 3.66. The van der Waals surface area contributed by atoms with Crippen molar-refractivity contribution in [2.24, 2.45) is 0 Å². The van der Waals surface area contributed by atoms with E-state index in [-0.39, 0.29) is 24.8 Å². The van der Waals surface area contributed by atoms with Crippen LogP contribution in [-0.4, -0.2) is 29.1 Å². The lowest BCUT2D eigenvalue weighted by atomic mass is 10.1. The summed E-state index contributed by atoms with van der Waals surface area (Å²) in [5.74, 6) is -1.24. The Bertz CT molecular complexity index is 332. The average molecular weight is 300 g/mol. The van der Waals surface area contributed by atoms with Crippen LogP contribution in [0.25, 0.3) is 0 Å². The van der Waals surface area contributed by atoms with Crippen molar-refractivity contribution in [3.05, 3.63) is 0 Å². The van der Waals surface area contributed by atoms with Crippen LogP contribution < -0.4 is 10.6 Å². The molecule has 0 heterocycles. The predicted octanol–water partition coefficient (Wildman–Crippen LogP) is 2.82. The number of hydrogen-bond acceptors (Lipinski definition) is 3. The van der Waals surface area contributed by atoms with Gasteiger partial charge in [-0.2, -0.15) is 0 Å². The van der Waals surface area contributed by atoms with Gasteiger partial charge in [0, 0.05) is 18.9 Å². The average Bonchev–Trinajstić information content (AvgIpc) is 2.39. The molecular weight excluding hydrogens is 272 g/mol. The second kappa shape index (κ2) is 12.2. The molecule has 0 rings (SSSR count). The van der Waals surface area contributed by atoms with Crippen LogP contribution in [0.2, 0.25) is 0 Å². The van der Waals surface area contributed by atoms with E-state index >= 15 is 0 Å². The topological polar surface area (TPSA) is 95.5 Å². The Kier molecular flexibility index (Phi) is 11.3. The highest BCUT2D eigenvalue weighted by Gasteiger charge is 2.10. The van der Waals surface area contributed by atoms with Crippen LogP contribution in [-0.2, 0) is 9.59 Å². The van der Waals surface area contributed by atoms with Gasteiger partial charge >= 0.3 is 12.0 Å². The maximum Gasteiger partial charge on any atom is 0.321 e. The number of carbonyl (C=O) groups is 3. The molecule has 0 radical (unpaired) electrons. The number of carboxylic acids is 1. The van der Waals surface area contributed by atoms with Crippen LogP contribution >= 0.6 is 0 Å². The summed E-state index contributed by atoms with van der Waals surface area (Å²) in [5.41, 5.74) is 0. The molecule has 0 aliphatic carbocycles. The molecule has 0 fully saturated rings. The van der Waals surface area contributed by atoms with Crippen molar-refractivity contribution in [2.45, 2.75) is 77.7 Å². The number of hydrogen-bond donors (Lipinski definition) is 3. The van der Waals surface area contributed by atoms with Gasteiger partial charge in [0.05, 0.1) is 0 Å². The van der Waals surface area contributed by atoms with Crippen molar-refractivity contribution < 1.29 is 19.5 Å². The van der Waals surface area contributed by atoms with Crippen LogP contribution in [0.15, 0.2) is 0 Å². The Morgan fingerprint density at radius 1 is 1.00 bits per heavy atom. The zero-order chi connectivity index (χ0) is 16.1. The lowest BCUT2D eigenvalue weighted by Gasteiger charge is -2.14. The normalized spacial score (nSPS) is 11.7. The Morgan fingerprint density at radius 3 is 2.29 bits per heavy atom. The molecule has 1 atom stereocenters. The zero-order valence-corrected chi connectivity index (χ0v) is 13.1. The molecule has 0 aromatic carbocycles. The van der Waals surface area contributed by atoms with E-state index in [0.29, 0.717) is 12.8 Å². The van der Waals surface area contributed by atoms with E-state index in [0.717, 1.165) is 19.3 Å². The van der Waals surface area contributed by atoms with E-state index in [1.807, 2.05) is 6.92 Å². The van der Waals surface area contributed by atoms with Crippen LogP contribution in [0.1, 0.15) is 71.6 Å². The van der Waals surface area contributed by atoms with Gasteiger partial charge < -0.3 is 10.4 Å². The Hall–Kier alpha value is -1.59. The first-order valence-electron chi connectivity index (χ1n) is 7.77. The summed E-state index contributed by atoms with van der Waals surface area (Å²) in [6.45, 7) is 4.07. The lowest BCUT2D eigenvalue weighted by molar-refractivity contribution is -0.137. The van der Waals surface area contributed by atoms with Gasteiger partial charge in [-0.1, -0.05) is 32.6 Å². The molecule has 0 aromatic rings. The van der Waals surface area contributed by atoms with Crippen LogP contribution in [0.3, 0.4) is 0 Å². The van der Waals surface area contributed by atoms with Crippen molar-refractivity contribution in [2.75, 3.05) is 0 Å². The number of aliphatic carboxylic acids is 1. The van der Waals surface area contributed by atoms with Crippen molar-refractivity contribution in [3.63, 3.8) is 0 Å². The first-order valence-corrected chi connectivity index (χ1v) is 7.77. The summed E-state index contributed by atoms with van der Waals surface area (Å²) in [5, 5.41) is 13.5. The summed E-state index contributed by atoms with van der Waals surface area (Å²) < 4.78 is 0. The third-order valence-electron chi connectivity index (χ3n) is 3.17. The third-order valence-corrected chi connectivity index (χ3v) is 3.17. The van der Waals surface area contributed by atoms with Crippen LogP contribution in [0.5, 0.6) is 0 Å². The predicted molar refractivity (Wildman–Crippen MR) is 81.0 cm³/mol. The van der Waals surface area contributed by atoms with Gasteiger partial charge in [-0.25, -0.2) is 4.79 Å². The van der Waals surface area contributed by atoms with E-state index in [4.69, 9.17) is 5.11 Å². The van der Waals surface area contributed by atoms with Gasteiger partial charge in [-0.15, -0.1) is 0 Å². The van der Waals surface area contributed by atoms with Crippen molar-refractivity contribution in [1.82, 2.24) is 10.6 Å². The molecular formula is C15H28N2O4. The summed E-state index contributed by atoms with van der Waals surface area (Å²) in [6.07, 6.45) is 6.65. The number of carboxylic acid groups (broad SMARTS) is 1. The molecule has 6 heteroatoms. The van der Waals surface area contributed by atoms with E-state index in [1.165, 1.54) is 12.8 Å². The molecule has 3 amide bonds. The van der Waals surface area contributed by atoms with Crippen LogP contribution in [0.4, 0.5) is 4.79 Å². The lowest BCUT2D eigenvalue weighted by Crippen LogP contribution is -2.43. The minimum absolute atomic E-state index is 0.0432. The van der Waals surface area contributed by atoms with Crippen molar-refractivity contribution in [1.29, 1.82) is 0 Å². The van der Waals surface area contributed by atoms with E-state index in [2.05, 4.69) is 17.6 Å². The Labute approximate surface area is 126 Å². The highest BCUT2D eigenvalue weighted by Crippen LogP contribution is 2.05. The van der Waals surface area contributed by atoms with E-state index < -0.39 is 12.0 Å². The third kappa shape index (κ3) is 13.2. The monoisotopic (exact) mass is 300 g/mol. The van der Waals surface area contributed by atoms with Crippen molar-refractivity contribution in [3.8, 4) is 0 Å². The summed E-state index contributed by atoms with van der Waals surface area (Å²) in [6, 6.07) is -0.428. The highest BCUT2D eigenvalue weighted by atomic mass is 16.4. The molecule has 0 bridgehead atoms. The van der Waals surface area contributed by atoms with E-state index in [1.54, 1.807) is 0 Å². The van der Waals surface area contributed by atoms with Gasteiger partial charge in [-0.3, -0.25) is 14.9 Å². The number of urea groups is 1. The smallest absolute Gasteiger partial charge is 0.321 e. The molecule has 6 nitrogen and oxygen atoms in total. The van der Waals surface area contributed by atoms with Gasteiger partial charge in [-0.05, 0) is 26.2 Å². The van der Waals surface area contributed by atoms with Crippen molar-refractivity contribution >= 4 is 17.9 Å².